The Labute approximate surface area is 47.0 Å². The molecule has 2 N–H and O–H groups in total. The zero-order valence-electron chi connectivity index (χ0n) is 4.27. The second kappa shape index (κ2) is 1.78. The number of allylic oxidation sites excluding steroid dienone is 1. The molecule has 3 nitrogen and oxygen atoms in total. The van der Waals surface area contributed by atoms with E-state index in [1.807, 2.05) is 0 Å². The molecule has 0 radical (unpaired) electrons. The van der Waals surface area contributed by atoms with E-state index in [-0.39, 0.29) is 11.6 Å². The predicted octanol–water partition coefficient (Wildman–Crippen LogP) is 0.917. The summed E-state index contributed by atoms with van der Waals surface area (Å²) in [5.74, 6) is -0.0347. The van der Waals surface area contributed by atoms with Crippen molar-refractivity contribution in [3.05, 3.63) is 12.3 Å². The molecule has 3 heteroatoms. The molecule has 0 aliphatic carbocycles. The third kappa shape index (κ3) is 0.753. The summed E-state index contributed by atoms with van der Waals surface area (Å²) in [4.78, 5) is 0. The number of rotatable bonds is 0. The molecular formula is C5H6N2O. The van der Waals surface area contributed by atoms with Gasteiger partial charge in [0.05, 0.1) is 12.0 Å². The molecular weight excluding hydrogens is 104 g/mol. The molecule has 8 heavy (non-hydrogen) atoms. The Morgan fingerprint density at radius 3 is 2.62 bits per heavy atom. The van der Waals surface area contributed by atoms with Crippen LogP contribution in [0.25, 0.3) is 0 Å². The fourth-order valence-corrected chi connectivity index (χ4v) is 0.446. The van der Waals surface area contributed by atoms with Crippen molar-refractivity contribution >= 4 is 11.6 Å². The molecule has 1 heterocycles. The average molecular weight is 110 g/mol. The molecule has 42 valence electrons. The lowest BCUT2D eigenvalue weighted by atomic mass is 10.2. The number of nitrogens with one attached hydrogen (secondary N) is 2. The molecule has 0 aromatic heterocycles. The van der Waals surface area contributed by atoms with Gasteiger partial charge in [-0.1, -0.05) is 0 Å². The van der Waals surface area contributed by atoms with Gasteiger partial charge in [0.1, 0.15) is 0 Å². The zero-order chi connectivity index (χ0) is 5.98. The summed E-state index contributed by atoms with van der Waals surface area (Å²) in [6.45, 7) is 0. The summed E-state index contributed by atoms with van der Waals surface area (Å²) in [7, 11) is 0. The van der Waals surface area contributed by atoms with Crippen LogP contribution in [0.2, 0.25) is 0 Å². The normalized spacial score (nSPS) is 18.5. The number of hydrogen-bond acceptors (Lipinski definition) is 3. The molecule has 0 fully saturated rings. The Balaban J connectivity index is 2.71. The van der Waals surface area contributed by atoms with E-state index in [0.29, 0.717) is 6.42 Å². The van der Waals surface area contributed by atoms with Gasteiger partial charge in [-0.2, -0.15) is 0 Å². The van der Waals surface area contributed by atoms with Crippen LogP contribution >= 0.6 is 0 Å². The second-order valence-corrected chi connectivity index (χ2v) is 1.50. The Morgan fingerprint density at radius 1 is 1.50 bits per heavy atom. The summed E-state index contributed by atoms with van der Waals surface area (Å²) in [5.41, 5.74) is 0.243. The fraction of sp³-hybridized carbons (Fsp3) is 0.200. The van der Waals surface area contributed by atoms with Crippen LogP contribution in [0, 0.1) is 10.8 Å². The summed E-state index contributed by atoms with van der Waals surface area (Å²) < 4.78 is 4.57. The first-order chi connectivity index (χ1) is 3.80. The van der Waals surface area contributed by atoms with Crippen molar-refractivity contribution in [1.29, 1.82) is 10.8 Å². The lowest BCUT2D eigenvalue weighted by molar-refractivity contribution is 0.468. The molecule has 0 atom stereocenters. The minimum absolute atomic E-state index is 0.0347. The molecule has 0 unspecified atom stereocenters. The molecule has 0 saturated carbocycles. The first-order valence-corrected chi connectivity index (χ1v) is 2.28. The van der Waals surface area contributed by atoms with Gasteiger partial charge in [0.25, 0.3) is 0 Å². The Bertz CT molecular complexity index is 142. The van der Waals surface area contributed by atoms with Crippen LogP contribution in [0.15, 0.2) is 12.3 Å². The smallest absolute Gasteiger partial charge is 0.232 e. The number of ether oxygens (including phenoxy) is 1. The van der Waals surface area contributed by atoms with Crippen molar-refractivity contribution in [1.82, 2.24) is 0 Å². The Hall–Kier alpha value is -1.12. The summed E-state index contributed by atoms with van der Waals surface area (Å²) in [6, 6.07) is 0. The zero-order valence-corrected chi connectivity index (χ0v) is 4.27. The van der Waals surface area contributed by atoms with E-state index in [0.717, 1.165) is 0 Å². The van der Waals surface area contributed by atoms with E-state index in [2.05, 4.69) is 4.74 Å². The first-order valence-electron chi connectivity index (χ1n) is 2.28. The molecule has 0 amide bonds. The summed E-state index contributed by atoms with van der Waals surface area (Å²) in [6.07, 6.45) is 3.67. The van der Waals surface area contributed by atoms with Gasteiger partial charge in [0, 0.05) is 6.42 Å². The van der Waals surface area contributed by atoms with Crippen molar-refractivity contribution in [3.8, 4) is 0 Å². The predicted molar refractivity (Wildman–Crippen MR) is 30.3 cm³/mol. The van der Waals surface area contributed by atoms with Crippen LogP contribution < -0.4 is 0 Å². The number of hydrogen-bond donors (Lipinski definition) is 2. The molecule has 1 aliphatic heterocycles. The first kappa shape index (κ1) is 5.03. The van der Waals surface area contributed by atoms with E-state index in [9.17, 15) is 0 Å². The van der Waals surface area contributed by atoms with Gasteiger partial charge in [-0.25, -0.2) is 0 Å². The SMILES string of the molecule is N=C1CC=COC1=N. The third-order valence-electron chi connectivity index (χ3n) is 0.878. The van der Waals surface area contributed by atoms with Gasteiger partial charge in [0.15, 0.2) is 0 Å². The largest absolute Gasteiger partial charge is 0.446 e. The summed E-state index contributed by atoms with van der Waals surface area (Å²) in [5, 5.41) is 13.9. The van der Waals surface area contributed by atoms with Crippen LogP contribution in [0.4, 0.5) is 0 Å². The minimum Gasteiger partial charge on any atom is -0.446 e. The van der Waals surface area contributed by atoms with Crippen molar-refractivity contribution in [2.75, 3.05) is 0 Å². The molecule has 0 aromatic rings. The highest BCUT2D eigenvalue weighted by Crippen LogP contribution is 1.97. The molecule has 0 bridgehead atoms. The maximum Gasteiger partial charge on any atom is 0.232 e. The van der Waals surface area contributed by atoms with Gasteiger partial charge in [-0.05, 0) is 6.08 Å². The molecule has 0 spiro atoms. The standard InChI is InChI=1S/C5H6N2O/c6-4-2-1-3-8-5(4)7/h1,3,6-7H,2H2. The molecule has 1 aliphatic rings. The molecule has 0 aromatic carbocycles. The second-order valence-electron chi connectivity index (χ2n) is 1.50. The maximum absolute atomic E-state index is 6.99. The van der Waals surface area contributed by atoms with E-state index >= 15 is 0 Å². The van der Waals surface area contributed by atoms with E-state index in [4.69, 9.17) is 10.8 Å². The van der Waals surface area contributed by atoms with Crippen molar-refractivity contribution in [2.24, 2.45) is 0 Å². The highest BCUT2D eigenvalue weighted by Gasteiger charge is 2.06. The van der Waals surface area contributed by atoms with Gasteiger partial charge in [0.2, 0.25) is 5.90 Å². The van der Waals surface area contributed by atoms with Gasteiger partial charge in [-0.15, -0.1) is 0 Å². The highest BCUT2D eigenvalue weighted by molar-refractivity contribution is 6.37. The minimum atomic E-state index is -0.0347. The van der Waals surface area contributed by atoms with Crippen LogP contribution in [-0.2, 0) is 4.74 Å². The average Bonchev–Trinajstić information content (AvgIpc) is 1.77. The lowest BCUT2D eigenvalue weighted by Gasteiger charge is -2.05. The fourth-order valence-electron chi connectivity index (χ4n) is 0.446. The van der Waals surface area contributed by atoms with Crippen LogP contribution in [0.5, 0.6) is 0 Å². The lowest BCUT2D eigenvalue weighted by Crippen LogP contribution is -2.15. The van der Waals surface area contributed by atoms with Gasteiger partial charge < -0.3 is 4.74 Å². The van der Waals surface area contributed by atoms with Gasteiger partial charge in [-0.3, -0.25) is 10.8 Å². The van der Waals surface area contributed by atoms with Crippen molar-refractivity contribution in [3.63, 3.8) is 0 Å². The Kier molecular flexibility index (Phi) is 1.12. The monoisotopic (exact) mass is 110 g/mol. The van der Waals surface area contributed by atoms with Gasteiger partial charge >= 0.3 is 0 Å². The van der Waals surface area contributed by atoms with Crippen molar-refractivity contribution < 1.29 is 4.74 Å². The van der Waals surface area contributed by atoms with Crippen LogP contribution in [-0.4, -0.2) is 11.6 Å². The quantitative estimate of drug-likeness (QED) is 0.478. The Morgan fingerprint density at radius 2 is 2.25 bits per heavy atom. The topological polar surface area (TPSA) is 56.9 Å². The van der Waals surface area contributed by atoms with E-state index < -0.39 is 0 Å². The highest BCUT2D eigenvalue weighted by atomic mass is 16.5. The maximum atomic E-state index is 6.99. The molecule has 1 rings (SSSR count). The van der Waals surface area contributed by atoms with Crippen molar-refractivity contribution in [2.45, 2.75) is 6.42 Å². The molecule has 0 saturated heterocycles. The van der Waals surface area contributed by atoms with Crippen LogP contribution in [0.3, 0.4) is 0 Å². The van der Waals surface area contributed by atoms with E-state index in [1.165, 1.54) is 6.26 Å². The van der Waals surface area contributed by atoms with E-state index in [1.54, 1.807) is 6.08 Å². The van der Waals surface area contributed by atoms with Crippen LogP contribution in [0.1, 0.15) is 6.42 Å². The third-order valence-corrected chi connectivity index (χ3v) is 0.878. The summed E-state index contributed by atoms with van der Waals surface area (Å²) >= 11 is 0.